The van der Waals surface area contributed by atoms with Crippen molar-refractivity contribution in [3.63, 3.8) is 0 Å². The molecular formula is C42H29N3SSi. The van der Waals surface area contributed by atoms with Crippen LogP contribution in [0.25, 0.3) is 81.4 Å². The van der Waals surface area contributed by atoms with Gasteiger partial charge in [-0.05, 0) is 35.0 Å². The smallest absolute Gasteiger partial charge is 0.161 e. The number of thiophene rings is 1. The van der Waals surface area contributed by atoms with E-state index < -0.39 is 8.07 Å². The maximum atomic E-state index is 5.54. The standard InChI is InChI=1S/C42H29N3SSi/c1-47(2)36-23-13-9-19-32(36)37-38(26-14-4-3-5-15-26)43-41(44-42(37)47)31-18-7-11-21-34(31)45-33-20-10-6-16-27(33)29-24-25-30-28-17-8-12-22-35(28)46-40(30)39(29)45/h3-25H,1-2H3. The Morgan fingerprint density at radius 2 is 1.26 bits per heavy atom. The highest BCUT2D eigenvalue weighted by molar-refractivity contribution is 7.26. The average molecular weight is 636 g/mol. The molecule has 0 fully saturated rings. The molecule has 0 unspecified atom stereocenters. The fourth-order valence-corrected chi connectivity index (χ4v) is 12.0. The van der Waals surface area contributed by atoms with Gasteiger partial charge in [-0.1, -0.05) is 128 Å². The molecule has 4 heterocycles. The van der Waals surface area contributed by atoms with Crippen molar-refractivity contribution in [3.8, 4) is 39.5 Å². The third-order valence-corrected chi connectivity index (χ3v) is 14.5. The predicted molar refractivity (Wildman–Crippen MR) is 202 cm³/mol. The first-order valence-electron chi connectivity index (χ1n) is 16.1. The van der Waals surface area contributed by atoms with E-state index in [1.165, 1.54) is 63.6 Å². The lowest BCUT2D eigenvalue weighted by Gasteiger charge is -2.20. The van der Waals surface area contributed by atoms with Gasteiger partial charge in [0.25, 0.3) is 0 Å². The summed E-state index contributed by atoms with van der Waals surface area (Å²) in [5, 5.41) is 7.76. The van der Waals surface area contributed by atoms with Gasteiger partial charge in [0.05, 0.1) is 27.1 Å². The summed E-state index contributed by atoms with van der Waals surface area (Å²) in [6.45, 7) is 4.86. The van der Waals surface area contributed by atoms with Crippen molar-refractivity contribution in [3.05, 3.63) is 140 Å². The number of rotatable bonds is 3. The molecule has 0 spiro atoms. The van der Waals surface area contributed by atoms with Crippen molar-refractivity contribution >= 4 is 71.9 Å². The number of hydrogen-bond acceptors (Lipinski definition) is 3. The molecule has 1 aliphatic rings. The highest BCUT2D eigenvalue weighted by atomic mass is 32.1. The maximum absolute atomic E-state index is 5.54. The molecule has 0 radical (unpaired) electrons. The van der Waals surface area contributed by atoms with E-state index in [9.17, 15) is 0 Å². The number of benzene rings is 6. The molecule has 6 aromatic carbocycles. The first-order chi connectivity index (χ1) is 23.1. The van der Waals surface area contributed by atoms with E-state index in [0.717, 1.165) is 28.3 Å². The molecule has 0 atom stereocenters. The summed E-state index contributed by atoms with van der Waals surface area (Å²) >= 11 is 1.88. The first-order valence-corrected chi connectivity index (χ1v) is 19.9. The Kier molecular flexibility index (Phi) is 5.60. The molecule has 0 saturated heterocycles. The van der Waals surface area contributed by atoms with Gasteiger partial charge in [-0.3, -0.25) is 0 Å². The van der Waals surface area contributed by atoms with Crippen molar-refractivity contribution in [2.24, 2.45) is 0 Å². The minimum absolute atomic E-state index is 0.779. The van der Waals surface area contributed by atoms with E-state index in [2.05, 4.69) is 157 Å². The molecule has 5 heteroatoms. The molecule has 0 bridgehead atoms. The SMILES string of the molecule is C[Si]1(C)c2ccccc2-c2c(-c3ccccc3)nc(-c3ccccc3-n3c4ccccc4c4ccc5c6ccccc6sc5c43)nc21. The molecule has 0 N–H and O–H groups in total. The van der Waals surface area contributed by atoms with Crippen LogP contribution in [-0.4, -0.2) is 22.6 Å². The fourth-order valence-electron chi connectivity index (χ4n) is 7.81. The predicted octanol–water partition coefficient (Wildman–Crippen LogP) is 10.1. The van der Waals surface area contributed by atoms with Gasteiger partial charge in [0.1, 0.15) is 8.07 Å². The van der Waals surface area contributed by atoms with Crippen LogP contribution in [0, 0.1) is 0 Å². The largest absolute Gasteiger partial charge is 0.307 e. The van der Waals surface area contributed by atoms with Gasteiger partial charge in [-0.2, -0.15) is 0 Å². The monoisotopic (exact) mass is 635 g/mol. The van der Waals surface area contributed by atoms with Crippen LogP contribution in [0.4, 0.5) is 0 Å². The van der Waals surface area contributed by atoms with Crippen molar-refractivity contribution in [1.82, 2.24) is 14.5 Å². The van der Waals surface area contributed by atoms with Crippen molar-refractivity contribution < 1.29 is 0 Å². The quantitative estimate of drug-likeness (QED) is 0.181. The summed E-state index contributed by atoms with van der Waals surface area (Å²) in [7, 11) is -2.09. The van der Waals surface area contributed by atoms with Gasteiger partial charge >= 0.3 is 0 Å². The number of nitrogens with zero attached hydrogens (tertiary/aromatic N) is 3. The van der Waals surface area contributed by atoms with E-state index in [4.69, 9.17) is 9.97 Å². The molecule has 1 aliphatic heterocycles. The highest BCUT2D eigenvalue weighted by Crippen LogP contribution is 2.44. The minimum atomic E-state index is -2.09. The molecule has 0 saturated carbocycles. The fraction of sp³-hybridized carbons (Fsp3) is 0.0476. The second kappa shape index (κ2) is 9.82. The lowest BCUT2D eigenvalue weighted by Crippen LogP contribution is -2.50. The van der Waals surface area contributed by atoms with E-state index in [1.807, 2.05) is 11.3 Å². The number of fused-ring (bicyclic) bond motifs is 10. The van der Waals surface area contributed by atoms with Crippen LogP contribution in [0.5, 0.6) is 0 Å². The summed E-state index contributed by atoms with van der Waals surface area (Å²) in [6, 6.07) is 50.4. The second-order valence-corrected chi connectivity index (χ2v) is 18.3. The van der Waals surface area contributed by atoms with Gasteiger partial charge in [0.2, 0.25) is 0 Å². The van der Waals surface area contributed by atoms with Crippen LogP contribution in [0.1, 0.15) is 0 Å². The molecular weight excluding hydrogens is 607 g/mol. The Labute approximate surface area is 277 Å². The van der Waals surface area contributed by atoms with Crippen LogP contribution in [0.3, 0.4) is 0 Å². The summed E-state index contributed by atoms with van der Waals surface area (Å²) < 4.78 is 5.08. The normalized spacial score (nSPS) is 13.5. The minimum Gasteiger partial charge on any atom is -0.307 e. The van der Waals surface area contributed by atoms with Crippen molar-refractivity contribution in [2.45, 2.75) is 13.1 Å². The van der Waals surface area contributed by atoms with E-state index in [-0.39, 0.29) is 0 Å². The molecule has 47 heavy (non-hydrogen) atoms. The van der Waals surface area contributed by atoms with Crippen LogP contribution in [0.15, 0.2) is 140 Å². The molecule has 3 aromatic heterocycles. The molecule has 10 rings (SSSR count). The molecule has 9 aromatic rings. The summed E-state index contributed by atoms with van der Waals surface area (Å²) in [4.78, 5) is 11.0. The number of para-hydroxylation sites is 2. The van der Waals surface area contributed by atoms with Crippen molar-refractivity contribution in [2.75, 3.05) is 0 Å². The lowest BCUT2D eigenvalue weighted by molar-refractivity contribution is 1.15. The van der Waals surface area contributed by atoms with Crippen molar-refractivity contribution in [1.29, 1.82) is 0 Å². The average Bonchev–Trinajstić information content (AvgIpc) is 3.74. The van der Waals surface area contributed by atoms with E-state index >= 15 is 0 Å². The molecule has 222 valence electrons. The first kappa shape index (κ1) is 26.8. The van der Waals surface area contributed by atoms with Crippen LogP contribution in [0.2, 0.25) is 13.1 Å². The number of hydrogen-bond donors (Lipinski definition) is 0. The summed E-state index contributed by atoms with van der Waals surface area (Å²) in [6.07, 6.45) is 0. The lowest BCUT2D eigenvalue weighted by atomic mass is 10.0. The molecule has 0 amide bonds. The van der Waals surface area contributed by atoms with Crippen LogP contribution < -0.4 is 10.5 Å². The number of aromatic nitrogens is 3. The zero-order chi connectivity index (χ0) is 31.3. The maximum Gasteiger partial charge on any atom is 0.161 e. The summed E-state index contributed by atoms with van der Waals surface area (Å²) in [5.41, 5.74) is 9.18. The van der Waals surface area contributed by atoms with E-state index in [0.29, 0.717) is 0 Å². The zero-order valence-electron chi connectivity index (χ0n) is 26.0. The highest BCUT2D eigenvalue weighted by Gasteiger charge is 2.41. The zero-order valence-corrected chi connectivity index (χ0v) is 27.8. The Morgan fingerprint density at radius 3 is 2.13 bits per heavy atom. The van der Waals surface area contributed by atoms with Gasteiger partial charge in [0.15, 0.2) is 5.82 Å². The van der Waals surface area contributed by atoms with Crippen LogP contribution >= 0.6 is 11.3 Å². The molecule has 3 nitrogen and oxygen atoms in total. The topological polar surface area (TPSA) is 30.7 Å². The third-order valence-electron chi connectivity index (χ3n) is 9.98. The Hall–Kier alpha value is -5.36. The Balaban J connectivity index is 1.31. The van der Waals surface area contributed by atoms with Gasteiger partial charge in [-0.15, -0.1) is 11.3 Å². The Morgan fingerprint density at radius 1 is 0.574 bits per heavy atom. The third kappa shape index (κ3) is 3.72. The second-order valence-electron chi connectivity index (χ2n) is 13.0. The molecule has 0 aliphatic carbocycles. The summed E-state index contributed by atoms with van der Waals surface area (Å²) in [5.74, 6) is 0.779. The Bertz CT molecular complexity index is 2720. The van der Waals surface area contributed by atoms with Crippen LogP contribution in [-0.2, 0) is 0 Å². The van der Waals surface area contributed by atoms with Gasteiger partial charge < -0.3 is 4.57 Å². The van der Waals surface area contributed by atoms with Gasteiger partial charge in [-0.25, -0.2) is 9.97 Å². The van der Waals surface area contributed by atoms with Gasteiger partial charge in [0, 0.05) is 48.3 Å². The van der Waals surface area contributed by atoms with E-state index in [1.54, 1.807) is 0 Å².